The monoisotopic (exact) mass is 241 g/mol. The van der Waals surface area contributed by atoms with Gasteiger partial charge in [-0.05, 0) is 0 Å². The van der Waals surface area contributed by atoms with Crippen LogP contribution in [-0.4, -0.2) is 103 Å². The average molecular weight is 242 g/mol. The van der Waals surface area contributed by atoms with E-state index >= 15 is 0 Å². The molecular weight excluding hydrogens is 238 g/mol. The molecule has 0 spiro atoms. The van der Waals surface area contributed by atoms with Gasteiger partial charge in [-0.1, -0.05) is 0 Å². The molecule has 0 amide bonds. The normalized spacial score (nSPS) is 0.571. The maximum absolute atomic E-state index is 6.50. The average Bonchev–Trinajstić information content (AvgIpc) is 1.50. The van der Waals surface area contributed by atoms with Crippen molar-refractivity contribution in [2.45, 2.75) is 0 Å². The van der Waals surface area contributed by atoms with Gasteiger partial charge in [0.25, 0.3) is 0 Å². The second kappa shape index (κ2) is 64.1. The molecule has 0 aromatic carbocycles. The molecule has 0 atom stereocenters. The van der Waals surface area contributed by atoms with Crippen molar-refractivity contribution < 1.29 is 22.4 Å². The minimum absolute atomic E-state index is 0. The minimum atomic E-state index is 0. The third-order valence-corrected chi connectivity index (χ3v) is 0. The van der Waals surface area contributed by atoms with Crippen LogP contribution in [0.4, 0.5) is 0 Å². The van der Waals surface area contributed by atoms with Gasteiger partial charge >= 0.3 is 103 Å². The molecule has 0 saturated carbocycles. The summed E-state index contributed by atoms with van der Waals surface area (Å²) in [5.74, 6) is 0. The van der Waals surface area contributed by atoms with Crippen molar-refractivity contribution in [1.82, 2.24) is 0 Å². The third-order valence-electron chi connectivity index (χ3n) is 0. The van der Waals surface area contributed by atoms with Gasteiger partial charge in [-0.2, -0.15) is 0 Å². The molecule has 1 radical (unpaired) electrons. The zero-order valence-corrected chi connectivity index (χ0v) is 3.83. The SMILES string of the molecule is C#N.C#N.[Ag].[KH].[KH]. The number of nitriles is 2. The molecule has 2 nitrogen and oxygen atoms in total. The molecule has 0 unspecified atom stereocenters. The summed E-state index contributed by atoms with van der Waals surface area (Å²) in [5.41, 5.74) is 0. The Bertz CT molecular complexity index is 29.2. The standard InChI is InChI=1S/2CHN.Ag.2K.2H/c2*1-2;;;;;/h2*1H;;;;;. The van der Waals surface area contributed by atoms with E-state index in [1.54, 1.807) is 0 Å². The molecule has 5 heteroatoms. The fraction of sp³-hybridized carbons (Fsp3) is 0. The predicted octanol–water partition coefficient (Wildman–Crippen LogP) is -1.02. The summed E-state index contributed by atoms with van der Waals surface area (Å²) in [4.78, 5) is 0. The van der Waals surface area contributed by atoms with Crippen LogP contribution >= 0.6 is 0 Å². The number of hydrogen-bond donors (Lipinski definition) is 0. The van der Waals surface area contributed by atoms with Gasteiger partial charge in [0.15, 0.2) is 0 Å². The maximum atomic E-state index is 6.50. The molecule has 0 aliphatic rings. The molecule has 0 N–H and O–H groups in total. The Labute approximate surface area is 144 Å². The third kappa shape index (κ3) is 49.1. The summed E-state index contributed by atoms with van der Waals surface area (Å²) >= 11 is 0. The van der Waals surface area contributed by atoms with E-state index in [9.17, 15) is 0 Å². The van der Waals surface area contributed by atoms with E-state index in [0.717, 1.165) is 0 Å². The van der Waals surface area contributed by atoms with Crippen molar-refractivity contribution >= 4 is 103 Å². The van der Waals surface area contributed by atoms with Crippen molar-refractivity contribution in [2.24, 2.45) is 0 Å². The van der Waals surface area contributed by atoms with E-state index in [2.05, 4.69) is 13.1 Å². The van der Waals surface area contributed by atoms with Gasteiger partial charge in [0.1, 0.15) is 0 Å². The van der Waals surface area contributed by atoms with E-state index in [1.165, 1.54) is 0 Å². The fourth-order valence-electron chi connectivity index (χ4n) is 0. The van der Waals surface area contributed by atoms with Crippen molar-refractivity contribution in [2.75, 3.05) is 0 Å². The van der Waals surface area contributed by atoms with E-state index in [0.29, 0.717) is 0 Å². The van der Waals surface area contributed by atoms with Crippen LogP contribution in [0.25, 0.3) is 0 Å². The summed E-state index contributed by atoms with van der Waals surface area (Å²) in [6.07, 6.45) is 0. The van der Waals surface area contributed by atoms with Crippen LogP contribution in [0.2, 0.25) is 0 Å². The first-order chi connectivity index (χ1) is 2.00. The van der Waals surface area contributed by atoms with Crippen molar-refractivity contribution in [3.05, 3.63) is 0 Å². The molecule has 0 aromatic heterocycles. The Balaban J connectivity index is -0.00000000267. The quantitative estimate of drug-likeness (QED) is 0.510. The Hall–Kier alpha value is 2.99. The molecule has 0 fully saturated rings. The molecule has 0 bridgehead atoms. The summed E-state index contributed by atoms with van der Waals surface area (Å²) in [5, 5.41) is 13.0. The van der Waals surface area contributed by atoms with Gasteiger partial charge in [0.05, 0.1) is 0 Å². The van der Waals surface area contributed by atoms with Crippen LogP contribution in [0.15, 0.2) is 0 Å². The molecule has 35 valence electrons. The second-order valence-electron chi connectivity index (χ2n) is 0. The second-order valence-corrected chi connectivity index (χ2v) is 0. The Morgan fingerprint density at radius 3 is 0.714 bits per heavy atom. The molecule has 0 aliphatic carbocycles. The molecule has 0 heterocycles. The predicted molar refractivity (Wildman–Crippen MR) is 27.6 cm³/mol. The first-order valence-corrected chi connectivity index (χ1v) is 0.516. The first kappa shape index (κ1) is 32.4. The zero-order valence-electron chi connectivity index (χ0n) is 2.35. The van der Waals surface area contributed by atoms with Crippen LogP contribution in [0.1, 0.15) is 0 Å². The number of rotatable bonds is 0. The van der Waals surface area contributed by atoms with Gasteiger partial charge in [-0.3, -0.25) is 0 Å². The molecule has 7 heavy (non-hydrogen) atoms. The zero-order chi connectivity index (χ0) is 4.00. The van der Waals surface area contributed by atoms with E-state index in [4.69, 9.17) is 10.5 Å². The van der Waals surface area contributed by atoms with E-state index < -0.39 is 0 Å². The van der Waals surface area contributed by atoms with Crippen LogP contribution in [-0.2, 0) is 22.4 Å². The summed E-state index contributed by atoms with van der Waals surface area (Å²) in [7, 11) is 0. The van der Waals surface area contributed by atoms with Gasteiger partial charge in [-0.25, -0.2) is 10.5 Å². The van der Waals surface area contributed by atoms with Crippen LogP contribution in [0.5, 0.6) is 0 Å². The van der Waals surface area contributed by atoms with Crippen molar-refractivity contribution in [1.29, 1.82) is 10.5 Å². The topological polar surface area (TPSA) is 47.6 Å². The Morgan fingerprint density at radius 1 is 0.714 bits per heavy atom. The van der Waals surface area contributed by atoms with Gasteiger partial charge in [-0.15, -0.1) is 0 Å². The molecule has 0 aromatic rings. The number of nitrogens with zero attached hydrogens (tertiary/aromatic N) is 2. The Morgan fingerprint density at radius 2 is 0.714 bits per heavy atom. The van der Waals surface area contributed by atoms with Gasteiger partial charge in [0, 0.05) is 35.5 Å². The van der Waals surface area contributed by atoms with Crippen LogP contribution in [0, 0.1) is 23.7 Å². The summed E-state index contributed by atoms with van der Waals surface area (Å²) in [6.45, 7) is 7.00. The first-order valence-electron chi connectivity index (χ1n) is 0.516. The molecular formula is C2H4AgK2N2. The molecule has 0 aliphatic heterocycles. The van der Waals surface area contributed by atoms with E-state index in [1.807, 2.05) is 0 Å². The van der Waals surface area contributed by atoms with Gasteiger partial charge in [0.2, 0.25) is 0 Å². The van der Waals surface area contributed by atoms with Gasteiger partial charge < -0.3 is 0 Å². The summed E-state index contributed by atoms with van der Waals surface area (Å²) in [6, 6.07) is 0. The summed E-state index contributed by atoms with van der Waals surface area (Å²) < 4.78 is 0. The van der Waals surface area contributed by atoms with Crippen molar-refractivity contribution in [3.8, 4) is 13.1 Å². The Kier molecular flexibility index (Phi) is 297. The molecule has 0 rings (SSSR count). The van der Waals surface area contributed by atoms with Crippen molar-refractivity contribution in [3.63, 3.8) is 0 Å². The van der Waals surface area contributed by atoms with E-state index in [-0.39, 0.29) is 125 Å². The van der Waals surface area contributed by atoms with Crippen LogP contribution in [0.3, 0.4) is 0 Å². The fourth-order valence-corrected chi connectivity index (χ4v) is 0. The molecule has 0 saturated heterocycles. The number of hydrogen-bond acceptors (Lipinski definition) is 2. The van der Waals surface area contributed by atoms with Crippen LogP contribution < -0.4 is 0 Å².